The van der Waals surface area contributed by atoms with E-state index in [0.717, 1.165) is 21.5 Å². The molecule has 0 saturated carbocycles. The largest absolute Gasteiger partial charge is 0.238 e. The predicted octanol–water partition coefficient (Wildman–Crippen LogP) is 3.56. The molecule has 1 aromatic carbocycles. The maximum absolute atomic E-state index is 4.48. The summed E-state index contributed by atoms with van der Waals surface area (Å²) in [7, 11) is 0. The molecule has 15 heavy (non-hydrogen) atoms. The van der Waals surface area contributed by atoms with Crippen LogP contribution in [0.5, 0.6) is 0 Å². The summed E-state index contributed by atoms with van der Waals surface area (Å²) < 4.78 is 3.06. The first-order chi connectivity index (χ1) is 7.08. The Morgan fingerprint density at radius 2 is 1.87 bits per heavy atom. The molecule has 0 radical (unpaired) electrons. The first kappa shape index (κ1) is 10.4. The third kappa shape index (κ3) is 1.97. The average molecular weight is 265 g/mol. The van der Waals surface area contributed by atoms with Crippen molar-refractivity contribution in [2.45, 2.75) is 20.8 Å². The molecule has 0 aliphatic carbocycles. The number of rotatable bonds is 1. The second-order valence-corrected chi connectivity index (χ2v) is 4.69. The molecule has 0 fully saturated rings. The van der Waals surface area contributed by atoms with Crippen molar-refractivity contribution in [2.75, 3.05) is 0 Å². The summed E-state index contributed by atoms with van der Waals surface area (Å²) in [5.74, 6) is 0. The van der Waals surface area contributed by atoms with Crippen LogP contribution in [0.15, 0.2) is 28.7 Å². The van der Waals surface area contributed by atoms with E-state index in [1.54, 1.807) is 0 Å². The molecule has 3 heteroatoms. The van der Waals surface area contributed by atoms with Crippen LogP contribution >= 0.6 is 15.9 Å². The van der Waals surface area contributed by atoms with Crippen molar-refractivity contribution in [2.24, 2.45) is 0 Å². The first-order valence-corrected chi connectivity index (χ1v) is 5.67. The van der Waals surface area contributed by atoms with Gasteiger partial charge in [0.15, 0.2) is 0 Å². The lowest BCUT2D eigenvalue weighted by Crippen LogP contribution is -2.01. The van der Waals surface area contributed by atoms with Gasteiger partial charge in [0.05, 0.1) is 11.4 Å². The second-order valence-electron chi connectivity index (χ2n) is 3.77. The highest BCUT2D eigenvalue weighted by atomic mass is 79.9. The van der Waals surface area contributed by atoms with Gasteiger partial charge in [-0.15, -0.1) is 0 Å². The van der Waals surface area contributed by atoms with Crippen LogP contribution in [0.2, 0.25) is 0 Å². The fourth-order valence-electron chi connectivity index (χ4n) is 1.68. The van der Waals surface area contributed by atoms with Crippen molar-refractivity contribution < 1.29 is 0 Å². The smallest absolute Gasteiger partial charge is 0.0689 e. The predicted molar refractivity (Wildman–Crippen MR) is 65.5 cm³/mol. The molecule has 2 nitrogen and oxygen atoms in total. The zero-order chi connectivity index (χ0) is 11.0. The SMILES string of the molecule is Cc1cc(C)n(-c2cc(Br)ccc2C)n1. The molecule has 2 aromatic rings. The quantitative estimate of drug-likeness (QED) is 0.770. The lowest BCUT2D eigenvalue weighted by Gasteiger charge is -2.08. The highest BCUT2D eigenvalue weighted by Gasteiger charge is 2.06. The molecule has 0 amide bonds. The number of hydrogen-bond donors (Lipinski definition) is 0. The van der Waals surface area contributed by atoms with E-state index in [1.807, 2.05) is 17.7 Å². The fourth-order valence-corrected chi connectivity index (χ4v) is 2.03. The number of aryl methyl sites for hydroxylation is 3. The highest BCUT2D eigenvalue weighted by molar-refractivity contribution is 9.10. The van der Waals surface area contributed by atoms with Crippen LogP contribution in [-0.4, -0.2) is 9.78 Å². The molecule has 2 rings (SSSR count). The van der Waals surface area contributed by atoms with Gasteiger partial charge in [0.1, 0.15) is 0 Å². The van der Waals surface area contributed by atoms with Gasteiger partial charge < -0.3 is 0 Å². The normalized spacial score (nSPS) is 10.7. The lowest BCUT2D eigenvalue weighted by atomic mass is 10.2. The van der Waals surface area contributed by atoms with Crippen molar-refractivity contribution in [1.29, 1.82) is 0 Å². The van der Waals surface area contributed by atoms with Crippen LogP contribution in [-0.2, 0) is 0 Å². The van der Waals surface area contributed by atoms with E-state index in [2.05, 4.69) is 53.1 Å². The molecule has 0 N–H and O–H groups in total. The van der Waals surface area contributed by atoms with Gasteiger partial charge >= 0.3 is 0 Å². The standard InChI is InChI=1S/C12H13BrN2/c1-8-4-5-11(13)7-12(8)15-10(3)6-9(2)14-15/h4-7H,1-3H3. The number of hydrogen-bond acceptors (Lipinski definition) is 1. The fraction of sp³-hybridized carbons (Fsp3) is 0.250. The van der Waals surface area contributed by atoms with Crippen molar-refractivity contribution >= 4 is 15.9 Å². The Bertz CT molecular complexity index is 500. The molecule has 0 unspecified atom stereocenters. The monoisotopic (exact) mass is 264 g/mol. The summed E-state index contributed by atoms with van der Waals surface area (Å²) in [6, 6.07) is 8.31. The summed E-state index contributed by atoms with van der Waals surface area (Å²) in [4.78, 5) is 0. The summed E-state index contributed by atoms with van der Waals surface area (Å²) in [5.41, 5.74) is 4.57. The van der Waals surface area contributed by atoms with Crippen molar-refractivity contribution in [3.8, 4) is 5.69 Å². The van der Waals surface area contributed by atoms with Crippen LogP contribution in [0.3, 0.4) is 0 Å². The van der Waals surface area contributed by atoms with Gasteiger partial charge in [-0.25, -0.2) is 4.68 Å². The third-order valence-electron chi connectivity index (χ3n) is 2.41. The van der Waals surface area contributed by atoms with Gasteiger partial charge in [0, 0.05) is 10.2 Å². The van der Waals surface area contributed by atoms with Crippen LogP contribution in [0.4, 0.5) is 0 Å². The lowest BCUT2D eigenvalue weighted by molar-refractivity contribution is 0.827. The van der Waals surface area contributed by atoms with E-state index in [4.69, 9.17) is 0 Å². The minimum absolute atomic E-state index is 1.05. The van der Waals surface area contributed by atoms with Gasteiger partial charge in [-0.1, -0.05) is 22.0 Å². The number of aromatic nitrogens is 2. The van der Waals surface area contributed by atoms with E-state index < -0.39 is 0 Å². The average Bonchev–Trinajstić information content (AvgIpc) is 2.50. The Morgan fingerprint density at radius 1 is 1.13 bits per heavy atom. The van der Waals surface area contributed by atoms with Crippen molar-refractivity contribution in [1.82, 2.24) is 9.78 Å². The molecule has 1 heterocycles. The first-order valence-electron chi connectivity index (χ1n) is 4.88. The Morgan fingerprint density at radius 3 is 2.47 bits per heavy atom. The summed E-state index contributed by atoms with van der Waals surface area (Å²) in [6.07, 6.45) is 0. The molecule has 0 spiro atoms. The molecule has 0 bridgehead atoms. The molecule has 0 atom stereocenters. The van der Waals surface area contributed by atoms with Crippen LogP contribution in [0, 0.1) is 20.8 Å². The van der Waals surface area contributed by atoms with E-state index >= 15 is 0 Å². The van der Waals surface area contributed by atoms with Gasteiger partial charge in [-0.3, -0.25) is 0 Å². The van der Waals surface area contributed by atoms with Crippen LogP contribution < -0.4 is 0 Å². The highest BCUT2D eigenvalue weighted by Crippen LogP contribution is 2.21. The van der Waals surface area contributed by atoms with E-state index in [1.165, 1.54) is 5.56 Å². The topological polar surface area (TPSA) is 17.8 Å². The Balaban J connectivity index is 2.62. The Hall–Kier alpha value is -1.09. The molecule has 1 aromatic heterocycles. The Labute approximate surface area is 98.1 Å². The molecular weight excluding hydrogens is 252 g/mol. The maximum Gasteiger partial charge on any atom is 0.0689 e. The summed E-state index contributed by atoms with van der Waals surface area (Å²) >= 11 is 3.48. The molecule has 78 valence electrons. The number of halogens is 1. The molecule has 0 saturated heterocycles. The van der Waals surface area contributed by atoms with E-state index in [-0.39, 0.29) is 0 Å². The minimum Gasteiger partial charge on any atom is -0.238 e. The maximum atomic E-state index is 4.48. The van der Waals surface area contributed by atoms with E-state index in [0.29, 0.717) is 0 Å². The third-order valence-corrected chi connectivity index (χ3v) is 2.90. The van der Waals surface area contributed by atoms with Crippen molar-refractivity contribution in [3.63, 3.8) is 0 Å². The van der Waals surface area contributed by atoms with Gasteiger partial charge in [0.2, 0.25) is 0 Å². The number of benzene rings is 1. The molecule has 0 aliphatic rings. The zero-order valence-electron chi connectivity index (χ0n) is 9.08. The van der Waals surface area contributed by atoms with Gasteiger partial charge in [-0.05, 0) is 44.5 Å². The second kappa shape index (κ2) is 3.81. The van der Waals surface area contributed by atoms with Crippen molar-refractivity contribution in [3.05, 3.63) is 45.7 Å². The van der Waals surface area contributed by atoms with Gasteiger partial charge in [0.25, 0.3) is 0 Å². The molecular formula is C12H13BrN2. The molecule has 0 aliphatic heterocycles. The van der Waals surface area contributed by atoms with E-state index in [9.17, 15) is 0 Å². The summed E-state index contributed by atoms with van der Waals surface area (Å²) in [5, 5.41) is 4.48. The summed E-state index contributed by atoms with van der Waals surface area (Å²) in [6.45, 7) is 6.18. The van der Waals surface area contributed by atoms with Gasteiger partial charge in [-0.2, -0.15) is 5.10 Å². The zero-order valence-corrected chi connectivity index (χ0v) is 10.7. The number of nitrogens with zero attached hydrogens (tertiary/aromatic N) is 2. The minimum atomic E-state index is 1.05. The van der Waals surface area contributed by atoms with Crippen LogP contribution in [0.1, 0.15) is 17.0 Å². The Kier molecular flexibility index (Phi) is 2.65. The van der Waals surface area contributed by atoms with Crippen LogP contribution in [0.25, 0.3) is 5.69 Å².